The first kappa shape index (κ1) is 17.8. The molecule has 1 heterocycles. The van der Waals surface area contributed by atoms with Gasteiger partial charge in [0.1, 0.15) is 0 Å². The van der Waals surface area contributed by atoms with E-state index in [1.807, 2.05) is 31.2 Å². The molecule has 0 fully saturated rings. The molecule has 4 N–H and O–H groups in total. The largest absolute Gasteiger partial charge is 0.399 e. The van der Waals surface area contributed by atoms with Crippen molar-refractivity contribution in [2.45, 2.75) is 13.5 Å². The zero-order chi connectivity index (χ0) is 20.0. The van der Waals surface area contributed by atoms with Gasteiger partial charge in [0.25, 0.3) is 5.91 Å². The zero-order valence-corrected chi connectivity index (χ0v) is 15.7. The maximum atomic E-state index is 12.8. The van der Waals surface area contributed by atoms with Crippen LogP contribution in [0.4, 0.5) is 5.69 Å². The highest BCUT2D eigenvalue weighted by molar-refractivity contribution is 6.05. The standard InChI is InChI=1S/C23H21N3O2/c1-13-9-16(6-8-21(13)24)17-4-3-15-5-7-18-20(19(15)10-17)12-26(23(18)28)11-14(2)22(25)27/h3-10H,2,11-12,24H2,1H3,(H2,25,27). The van der Waals surface area contributed by atoms with Crippen molar-refractivity contribution in [1.82, 2.24) is 4.90 Å². The van der Waals surface area contributed by atoms with Crippen molar-refractivity contribution in [3.63, 3.8) is 0 Å². The number of carbonyl (C=O) groups is 2. The number of nitrogens with two attached hydrogens (primary N) is 2. The van der Waals surface area contributed by atoms with Gasteiger partial charge in [0, 0.05) is 23.4 Å². The average Bonchev–Trinajstić information content (AvgIpc) is 2.99. The molecule has 28 heavy (non-hydrogen) atoms. The Labute approximate surface area is 163 Å². The van der Waals surface area contributed by atoms with Crippen molar-refractivity contribution in [3.8, 4) is 11.1 Å². The monoisotopic (exact) mass is 371 g/mol. The van der Waals surface area contributed by atoms with E-state index in [0.717, 1.165) is 38.7 Å². The minimum absolute atomic E-state index is 0.104. The molecule has 140 valence electrons. The van der Waals surface area contributed by atoms with E-state index in [4.69, 9.17) is 11.5 Å². The van der Waals surface area contributed by atoms with Crippen molar-refractivity contribution in [3.05, 3.63) is 77.4 Å². The summed E-state index contributed by atoms with van der Waals surface area (Å²) in [5.74, 6) is -0.692. The third-order valence-corrected chi connectivity index (χ3v) is 5.33. The summed E-state index contributed by atoms with van der Waals surface area (Å²) in [5, 5.41) is 2.10. The molecule has 0 spiro atoms. The third-order valence-electron chi connectivity index (χ3n) is 5.33. The van der Waals surface area contributed by atoms with Crippen molar-refractivity contribution in [2.24, 2.45) is 5.73 Å². The van der Waals surface area contributed by atoms with Gasteiger partial charge in [-0.1, -0.05) is 30.8 Å². The van der Waals surface area contributed by atoms with E-state index in [1.165, 1.54) is 0 Å². The lowest BCUT2D eigenvalue weighted by atomic mass is 9.95. The first-order valence-corrected chi connectivity index (χ1v) is 9.04. The zero-order valence-electron chi connectivity index (χ0n) is 15.7. The van der Waals surface area contributed by atoms with E-state index in [-0.39, 0.29) is 18.0 Å². The number of rotatable bonds is 4. The molecule has 4 rings (SSSR count). The molecule has 5 heteroatoms. The Bertz CT molecular complexity index is 1160. The van der Waals surface area contributed by atoms with Crippen LogP contribution in [0.3, 0.4) is 0 Å². The van der Waals surface area contributed by atoms with Crippen molar-refractivity contribution in [2.75, 3.05) is 12.3 Å². The topological polar surface area (TPSA) is 89.4 Å². The van der Waals surface area contributed by atoms with Gasteiger partial charge in [0.05, 0.1) is 6.54 Å². The van der Waals surface area contributed by atoms with Gasteiger partial charge in [0.15, 0.2) is 0 Å². The van der Waals surface area contributed by atoms with Gasteiger partial charge in [-0.25, -0.2) is 0 Å². The minimum Gasteiger partial charge on any atom is -0.399 e. The number of primary amides is 1. The Balaban J connectivity index is 1.77. The minimum atomic E-state index is -0.588. The van der Waals surface area contributed by atoms with Gasteiger partial charge in [-0.2, -0.15) is 0 Å². The lowest BCUT2D eigenvalue weighted by Gasteiger charge is -2.15. The quantitative estimate of drug-likeness (QED) is 0.544. The first-order valence-electron chi connectivity index (χ1n) is 9.04. The average molecular weight is 371 g/mol. The molecule has 5 nitrogen and oxygen atoms in total. The molecule has 0 saturated heterocycles. The predicted molar refractivity (Wildman–Crippen MR) is 112 cm³/mol. The predicted octanol–water partition coefficient (Wildman–Crippen LogP) is 3.39. The van der Waals surface area contributed by atoms with Crippen molar-refractivity contribution < 1.29 is 9.59 Å². The summed E-state index contributed by atoms with van der Waals surface area (Å²) in [4.78, 5) is 25.7. The van der Waals surface area contributed by atoms with Crippen LogP contribution in [0, 0.1) is 6.92 Å². The van der Waals surface area contributed by atoms with Gasteiger partial charge < -0.3 is 16.4 Å². The molecular weight excluding hydrogens is 350 g/mol. The second kappa shape index (κ2) is 6.53. The lowest BCUT2D eigenvalue weighted by molar-refractivity contribution is -0.114. The Morgan fingerprint density at radius 1 is 1.11 bits per heavy atom. The molecule has 0 radical (unpaired) electrons. The fourth-order valence-electron chi connectivity index (χ4n) is 3.66. The number of aryl methyl sites for hydroxylation is 1. The molecule has 0 saturated carbocycles. The van der Waals surface area contributed by atoms with E-state index in [0.29, 0.717) is 12.1 Å². The SMILES string of the molecule is C=C(CN1Cc2c(ccc3ccc(-c4ccc(N)c(C)c4)cc23)C1=O)C(N)=O. The number of hydrogen-bond acceptors (Lipinski definition) is 3. The number of carbonyl (C=O) groups excluding carboxylic acids is 2. The van der Waals surface area contributed by atoms with Crippen LogP contribution in [0.25, 0.3) is 21.9 Å². The Morgan fingerprint density at radius 3 is 2.50 bits per heavy atom. The Kier molecular flexibility index (Phi) is 4.15. The highest BCUT2D eigenvalue weighted by atomic mass is 16.2. The molecular formula is C23H21N3O2. The number of fused-ring (bicyclic) bond motifs is 3. The molecule has 2 amide bonds. The number of nitrogens with zero attached hydrogens (tertiary/aromatic N) is 1. The summed E-state index contributed by atoms with van der Waals surface area (Å²) < 4.78 is 0. The normalized spacial score (nSPS) is 13.0. The molecule has 0 unspecified atom stereocenters. The van der Waals surface area contributed by atoms with E-state index in [9.17, 15) is 9.59 Å². The molecule has 1 aliphatic rings. The second-order valence-electron chi connectivity index (χ2n) is 7.23. The summed E-state index contributed by atoms with van der Waals surface area (Å²) in [6.07, 6.45) is 0. The van der Waals surface area contributed by atoms with Crippen molar-refractivity contribution >= 4 is 28.3 Å². The molecule has 0 bridgehead atoms. The van der Waals surface area contributed by atoms with Gasteiger partial charge in [0.2, 0.25) is 5.91 Å². The number of anilines is 1. The van der Waals surface area contributed by atoms with Gasteiger partial charge in [-0.3, -0.25) is 9.59 Å². The summed E-state index contributed by atoms with van der Waals surface area (Å²) in [6, 6.07) is 16.0. The number of nitrogen functional groups attached to an aromatic ring is 1. The molecule has 0 atom stereocenters. The summed E-state index contributed by atoms with van der Waals surface area (Å²) in [7, 11) is 0. The van der Waals surface area contributed by atoms with Crippen LogP contribution in [0.5, 0.6) is 0 Å². The van der Waals surface area contributed by atoms with E-state index in [2.05, 4.69) is 30.8 Å². The van der Waals surface area contributed by atoms with Crippen LogP contribution in [0.15, 0.2) is 60.7 Å². The van der Waals surface area contributed by atoms with Crippen molar-refractivity contribution in [1.29, 1.82) is 0 Å². The molecule has 3 aromatic rings. The van der Waals surface area contributed by atoms with E-state index in [1.54, 1.807) is 4.90 Å². The Morgan fingerprint density at radius 2 is 1.79 bits per heavy atom. The lowest BCUT2D eigenvalue weighted by Crippen LogP contribution is -2.30. The van der Waals surface area contributed by atoms with E-state index >= 15 is 0 Å². The van der Waals surface area contributed by atoms with Crippen LogP contribution in [0.1, 0.15) is 21.5 Å². The van der Waals surface area contributed by atoms with E-state index < -0.39 is 5.91 Å². The van der Waals surface area contributed by atoms with Crippen LogP contribution in [-0.2, 0) is 11.3 Å². The highest BCUT2D eigenvalue weighted by Gasteiger charge is 2.29. The van der Waals surface area contributed by atoms with Crippen LogP contribution >= 0.6 is 0 Å². The van der Waals surface area contributed by atoms with Crippen LogP contribution in [0.2, 0.25) is 0 Å². The maximum absolute atomic E-state index is 12.8. The smallest absolute Gasteiger partial charge is 0.254 e. The molecule has 0 aromatic heterocycles. The van der Waals surface area contributed by atoms with Crippen LogP contribution in [-0.4, -0.2) is 23.3 Å². The third kappa shape index (κ3) is 2.91. The van der Waals surface area contributed by atoms with Crippen LogP contribution < -0.4 is 11.5 Å². The Hall–Kier alpha value is -3.60. The fraction of sp³-hybridized carbons (Fsp3) is 0.130. The molecule has 3 aromatic carbocycles. The first-order chi connectivity index (χ1) is 13.3. The fourth-order valence-corrected chi connectivity index (χ4v) is 3.66. The summed E-state index contributed by atoms with van der Waals surface area (Å²) >= 11 is 0. The summed E-state index contributed by atoms with van der Waals surface area (Å²) in [6.45, 7) is 6.23. The maximum Gasteiger partial charge on any atom is 0.254 e. The highest BCUT2D eigenvalue weighted by Crippen LogP contribution is 2.34. The number of benzene rings is 3. The van der Waals surface area contributed by atoms with Gasteiger partial charge >= 0.3 is 0 Å². The molecule has 1 aliphatic heterocycles. The number of amides is 2. The van der Waals surface area contributed by atoms with Gasteiger partial charge in [-0.05, 0) is 64.2 Å². The number of hydrogen-bond donors (Lipinski definition) is 2. The second-order valence-corrected chi connectivity index (χ2v) is 7.23. The molecule has 0 aliphatic carbocycles. The summed E-state index contributed by atoms with van der Waals surface area (Å²) in [5.41, 5.74) is 17.0. The van der Waals surface area contributed by atoms with Gasteiger partial charge in [-0.15, -0.1) is 0 Å².